The number of benzene rings is 1. The van der Waals surface area contributed by atoms with E-state index in [1.807, 2.05) is 34.6 Å². The molecule has 0 N–H and O–H groups in total. The first-order chi connectivity index (χ1) is 9.66. The number of nitrogens with zero attached hydrogens (tertiary/aromatic N) is 2. The molecule has 0 amide bonds. The van der Waals surface area contributed by atoms with E-state index in [0.29, 0.717) is 10.7 Å². The molecule has 2 rings (SSSR count). The third-order valence-corrected chi connectivity index (χ3v) is 3.90. The second kappa shape index (κ2) is 5.30. The second-order valence-corrected chi connectivity index (χ2v) is 6.94. The molecule has 112 valence electrons. The molecule has 3 nitrogen and oxygen atoms in total. The van der Waals surface area contributed by atoms with Gasteiger partial charge in [0.2, 0.25) is 0 Å². The van der Waals surface area contributed by atoms with Gasteiger partial charge in [-0.05, 0) is 31.9 Å². The molecule has 4 heteroatoms. The van der Waals surface area contributed by atoms with Gasteiger partial charge in [0.15, 0.2) is 6.29 Å². The van der Waals surface area contributed by atoms with Crippen LogP contribution in [0, 0.1) is 20.8 Å². The van der Waals surface area contributed by atoms with E-state index >= 15 is 0 Å². The van der Waals surface area contributed by atoms with Gasteiger partial charge in [-0.25, -0.2) is 4.68 Å². The fourth-order valence-electron chi connectivity index (χ4n) is 2.72. The highest BCUT2D eigenvalue weighted by atomic mass is 35.5. The highest BCUT2D eigenvalue weighted by Crippen LogP contribution is 2.32. The van der Waals surface area contributed by atoms with Crippen molar-refractivity contribution in [3.8, 4) is 5.69 Å². The van der Waals surface area contributed by atoms with Crippen LogP contribution < -0.4 is 0 Å². The van der Waals surface area contributed by atoms with Crippen molar-refractivity contribution >= 4 is 17.9 Å². The molecule has 0 bridgehead atoms. The van der Waals surface area contributed by atoms with Crippen LogP contribution in [-0.4, -0.2) is 16.1 Å². The maximum absolute atomic E-state index is 11.4. The molecule has 0 saturated heterocycles. The number of hydrogen-bond acceptors (Lipinski definition) is 2. The Labute approximate surface area is 130 Å². The van der Waals surface area contributed by atoms with Crippen molar-refractivity contribution in [2.45, 2.75) is 47.0 Å². The summed E-state index contributed by atoms with van der Waals surface area (Å²) in [4.78, 5) is 11.4. The molecule has 0 aliphatic rings. The van der Waals surface area contributed by atoms with E-state index in [4.69, 9.17) is 11.6 Å². The Morgan fingerprint density at radius 1 is 1.14 bits per heavy atom. The van der Waals surface area contributed by atoms with Crippen LogP contribution >= 0.6 is 11.6 Å². The Morgan fingerprint density at radius 2 is 1.67 bits per heavy atom. The van der Waals surface area contributed by atoms with Crippen LogP contribution in [0.4, 0.5) is 0 Å². The van der Waals surface area contributed by atoms with E-state index < -0.39 is 0 Å². The number of carbonyl (C=O) groups excluding carboxylic acids is 1. The predicted octanol–water partition coefficient (Wildman–Crippen LogP) is 4.56. The van der Waals surface area contributed by atoms with Gasteiger partial charge in [-0.3, -0.25) is 4.79 Å². The van der Waals surface area contributed by atoms with Crippen molar-refractivity contribution in [1.29, 1.82) is 0 Å². The van der Waals surface area contributed by atoms with Crippen LogP contribution in [-0.2, 0) is 5.41 Å². The summed E-state index contributed by atoms with van der Waals surface area (Å²) in [6.07, 6.45) is 0.797. The minimum Gasteiger partial charge on any atom is -0.298 e. The summed E-state index contributed by atoms with van der Waals surface area (Å²) in [5, 5.41) is 5.01. The molecule has 1 heterocycles. The summed E-state index contributed by atoms with van der Waals surface area (Å²) in [5.74, 6) is 0. The molecule has 0 fully saturated rings. The lowest BCUT2D eigenvalue weighted by Crippen LogP contribution is -2.15. The topological polar surface area (TPSA) is 34.9 Å². The Hall–Kier alpha value is -1.61. The molecule has 21 heavy (non-hydrogen) atoms. The van der Waals surface area contributed by atoms with Crippen molar-refractivity contribution in [3.05, 3.63) is 45.2 Å². The summed E-state index contributed by atoms with van der Waals surface area (Å²) in [6.45, 7) is 12.2. The van der Waals surface area contributed by atoms with Gasteiger partial charge in [-0.2, -0.15) is 5.10 Å². The van der Waals surface area contributed by atoms with Gasteiger partial charge >= 0.3 is 0 Å². The monoisotopic (exact) mass is 304 g/mol. The Balaban J connectivity index is 2.78. The third-order valence-electron chi connectivity index (χ3n) is 3.54. The number of aryl methyl sites for hydroxylation is 3. The summed E-state index contributed by atoms with van der Waals surface area (Å²) in [7, 11) is 0. The standard InChI is InChI=1S/C17H21ClN2O/c1-10-7-11(2)14(12(3)8-10)20-16(18)13(9-21)15(19-20)17(4,5)6/h7-9H,1-6H3. The van der Waals surface area contributed by atoms with Crippen LogP contribution in [0.15, 0.2) is 12.1 Å². The fraction of sp³-hybridized carbons (Fsp3) is 0.412. The van der Waals surface area contributed by atoms with E-state index in [2.05, 4.69) is 24.2 Å². The fourth-order valence-corrected chi connectivity index (χ4v) is 2.98. The zero-order chi connectivity index (χ0) is 15.9. The largest absolute Gasteiger partial charge is 0.298 e. The summed E-state index contributed by atoms with van der Waals surface area (Å²) in [6, 6.07) is 4.19. The zero-order valence-electron chi connectivity index (χ0n) is 13.4. The third kappa shape index (κ3) is 2.75. The van der Waals surface area contributed by atoms with Crippen LogP contribution in [0.3, 0.4) is 0 Å². The van der Waals surface area contributed by atoms with Crippen molar-refractivity contribution < 1.29 is 4.79 Å². The first kappa shape index (κ1) is 15.8. The molecule has 1 aromatic carbocycles. The van der Waals surface area contributed by atoms with E-state index in [0.717, 1.165) is 28.8 Å². The van der Waals surface area contributed by atoms with E-state index in [1.165, 1.54) is 5.56 Å². The molecule has 1 aromatic heterocycles. The lowest BCUT2D eigenvalue weighted by atomic mass is 9.90. The average Bonchev–Trinajstić information content (AvgIpc) is 2.65. The van der Waals surface area contributed by atoms with Crippen LogP contribution in [0.5, 0.6) is 0 Å². The van der Waals surface area contributed by atoms with E-state index in [1.54, 1.807) is 4.68 Å². The number of rotatable bonds is 2. The molecule has 0 unspecified atom stereocenters. The van der Waals surface area contributed by atoms with Crippen molar-refractivity contribution in [2.24, 2.45) is 0 Å². The lowest BCUT2D eigenvalue weighted by Gasteiger charge is -2.16. The number of aldehydes is 1. The number of halogens is 1. The summed E-state index contributed by atoms with van der Waals surface area (Å²) < 4.78 is 1.69. The summed E-state index contributed by atoms with van der Waals surface area (Å²) in [5.41, 5.74) is 5.29. The Bertz CT molecular complexity index is 685. The van der Waals surface area contributed by atoms with E-state index in [9.17, 15) is 4.79 Å². The average molecular weight is 305 g/mol. The van der Waals surface area contributed by atoms with E-state index in [-0.39, 0.29) is 5.41 Å². The van der Waals surface area contributed by atoms with Gasteiger partial charge in [0.05, 0.1) is 16.9 Å². The van der Waals surface area contributed by atoms with Crippen LogP contribution in [0.1, 0.15) is 53.5 Å². The second-order valence-electron chi connectivity index (χ2n) is 6.58. The van der Waals surface area contributed by atoms with Crippen molar-refractivity contribution in [2.75, 3.05) is 0 Å². The molecule has 0 atom stereocenters. The lowest BCUT2D eigenvalue weighted by molar-refractivity contribution is 0.112. The molecule has 0 aliphatic carbocycles. The maximum atomic E-state index is 11.4. The van der Waals surface area contributed by atoms with Crippen LogP contribution in [0.25, 0.3) is 5.69 Å². The molecule has 2 aromatic rings. The van der Waals surface area contributed by atoms with Crippen molar-refractivity contribution in [1.82, 2.24) is 9.78 Å². The van der Waals surface area contributed by atoms with Gasteiger partial charge < -0.3 is 0 Å². The Morgan fingerprint density at radius 3 is 2.05 bits per heavy atom. The van der Waals surface area contributed by atoms with Crippen LogP contribution in [0.2, 0.25) is 5.15 Å². The predicted molar refractivity (Wildman–Crippen MR) is 86.9 cm³/mol. The number of carbonyl (C=O) groups is 1. The molecular weight excluding hydrogens is 284 g/mol. The zero-order valence-corrected chi connectivity index (χ0v) is 14.2. The van der Waals surface area contributed by atoms with Gasteiger partial charge in [0.25, 0.3) is 0 Å². The molecule has 0 aliphatic heterocycles. The molecule has 0 spiro atoms. The molecular formula is C17H21ClN2O. The molecule has 0 saturated carbocycles. The maximum Gasteiger partial charge on any atom is 0.155 e. The van der Waals surface area contributed by atoms with Gasteiger partial charge in [-0.1, -0.05) is 50.1 Å². The normalized spacial score (nSPS) is 11.8. The van der Waals surface area contributed by atoms with Crippen molar-refractivity contribution in [3.63, 3.8) is 0 Å². The van der Waals surface area contributed by atoms with Gasteiger partial charge in [-0.15, -0.1) is 0 Å². The first-order valence-electron chi connectivity index (χ1n) is 6.99. The quantitative estimate of drug-likeness (QED) is 0.762. The Kier molecular flexibility index (Phi) is 3.98. The smallest absolute Gasteiger partial charge is 0.155 e. The minimum absolute atomic E-state index is 0.238. The number of aromatic nitrogens is 2. The minimum atomic E-state index is -0.238. The molecule has 0 radical (unpaired) electrons. The SMILES string of the molecule is Cc1cc(C)c(-n2nc(C(C)(C)C)c(C=O)c2Cl)c(C)c1. The van der Waals surface area contributed by atoms with Gasteiger partial charge in [0.1, 0.15) is 5.15 Å². The summed E-state index contributed by atoms with van der Waals surface area (Å²) >= 11 is 6.42. The highest BCUT2D eigenvalue weighted by Gasteiger charge is 2.27. The number of hydrogen-bond donors (Lipinski definition) is 0. The van der Waals surface area contributed by atoms with Gasteiger partial charge in [0, 0.05) is 5.41 Å². The first-order valence-corrected chi connectivity index (χ1v) is 7.37. The highest BCUT2D eigenvalue weighted by molar-refractivity contribution is 6.32.